The number of benzene rings is 1. The molecule has 0 radical (unpaired) electrons. The second-order valence-electron chi connectivity index (χ2n) is 4.26. The Hall–Kier alpha value is -2.95. The molecule has 2 rings (SSSR count). The van der Waals surface area contributed by atoms with Crippen molar-refractivity contribution in [3.05, 3.63) is 71.1 Å². The lowest BCUT2D eigenvalue weighted by atomic mass is 10.1. The zero-order chi connectivity index (χ0) is 15.1. The molecule has 106 valence electrons. The number of aromatic nitrogens is 2. The molecule has 0 atom stereocenters. The van der Waals surface area contributed by atoms with Crippen LogP contribution in [0.15, 0.2) is 65.5 Å². The molecule has 0 aliphatic rings. The fraction of sp³-hybridized carbons (Fsp3) is 0.0625. The number of carbonyl (C=O) groups excluding carboxylic acids is 1. The Labute approximate surface area is 122 Å². The van der Waals surface area contributed by atoms with E-state index in [4.69, 9.17) is 0 Å². The Morgan fingerprint density at radius 1 is 1.24 bits per heavy atom. The second kappa shape index (κ2) is 7.00. The smallest absolute Gasteiger partial charge is 0.264 e. The van der Waals surface area contributed by atoms with Gasteiger partial charge in [-0.3, -0.25) is 9.59 Å². The summed E-state index contributed by atoms with van der Waals surface area (Å²) < 4.78 is 0. The van der Waals surface area contributed by atoms with Gasteiger partial charge in [0.25, 0.3) is 5.56 Å². The van der Waals surface area contributed by atoms with Crippen molar-refractivity contribution in [3.8, 4) is 11.3 Å². The first-order chi connectivity index (χ1) is 10.2. The van der Waals surface area contributed by atoms with Crippen LogP contribution in [-0.2, 0) is 4.79 Å². The normalized spacial score (nSPS) is 11.1. The molecule has 2 aromatic rings. The van der Waals surface area contributed by atoms with E-state index in [-0.39, 0.29) is 11.5 Å². The third-order valence-electron chi connectivity index (χ3n) is 2.66. The summed E-state index contributed by atoms with van der Waals surface area (Å²) in [6.07, 6.45) is 6.74. The predicted molar refractivity (Wildman–Crippen MR) is 82.9 cm³/mol. The van der Waals surface area contributed by atoms with Crippen LogP contribution in [0.2, 0.25) is 0 Å². The quantitative estimate of drug-likeness (QED) is 0.668. The van der Waals surface area contributed by atoms with Gasteiger partial charge in [-0.1, -0.05) is 30.4 Å². The van der Waals surface area contributed by atoms with Crippen molar-refractivity contribution >= 4 is 11.6 Å². The second-order valence-corrected chi connectivity index (χ2v) is 4.26. The van der Waals surface area contributed by atoms with Gasteiger partial charge in [0.05, 0.1) is 5.69 Å². The van der Waals surface area contributed by atoms with E-state index >= 15 is 0 Å². The molecule has 0 aliphatic carbocycles. The maximum Gasteiger partial charge on any atom is 0.264 e. The van der Waals surface area contributed by atoms with E-state index in [2.05, 4.69) is 15.5 Å². The third-order valence-corrected chi connectivity index (χ3v) is 2.66. The number of nitrogens with one attached hydrogen (secondary N) is 2. The van der Waals surface area contributed by atoms with Gasteiger partial charge < -0.3 is 5.32 Å². The van der Waals surface area contributed by atoms with Crippen LogP contribution in [0.4, 0.5) is 5.69 Å². The molecule has 0 fully saturated rings. The molecule has 0 spiro atoms. The highest BCUT2D eigenvalue weighted by Gasteiger charge is 2.02. The molecule has 0 saturated heterocycles. The largest absolute Gasteiger partial charge is 0.322 e. The molecule has 1 aromatic heterocycles. The molecular formula is C16H15N3O2. The first kappa shape index (κ1) is 14.5. The SMILES string of the molecule is C/C=C/C=C/C(=O)Nc1cccc(-c2ccc(=O)[nH]n2)c1. The van der Waals surface area contributed by atoms with Gasteiger partial charge in [0.1, 0.15) is 0 Å². The molecule has 0 aliphatic heterocycles. The minimum Gasteiger partial charge on any atom is -0.322 e. The number of hydrogen-bond acceptors (Lipinski definition) is 3. The van der Waals surface area contributed by atoms with Crippen LogP contribution in [0.1, 0.15) is 6.92 Å². The van der Waals surface area contributed by atoms with Gasteiger partial charge in [0.15, 0.2) is 0 Å². The Morgan fingerprint density at radius 2 is 2.10 bits per heavy atom. The summed E-state index contributed by atoms with van der Waals surface area (Å²) in [5.41, 5.74) is 1.85. The molecule has 0 bridgehead atoms. The predicted octanol–water partition coefficient (Wildman–Crippen LogP) is 2.51. The number of anilines is 1. The van der Waals surface area contributed by atoms with Crippen molar-refractivity contribution in [1.29, 1.82) is 0 Å². The number of aromatic amines is 1. The lowest BCUT2D eigenvalue weighted by Gasteiger charge is -2.05. The zero-order valence-electron chi connectivity index (χ0n) is 11.5. The van der Waals surface area contributed by atoms with Crippen molar-refractivity contribution < 1.29 is 4.79 Å². The molecule has 1 heterocycles. The van der Waals surface area contributed by atoms with Gasteiger partial charge in [-0.05, 0) is 25.1 Å². The maximum atomic E-state index is 11.7. The highest BCUT2D eigenvalue weighted by atomic mass is 16.1. The summed E-state index contributed by atoms with van der Waals surface area (Å²) in [5.74, 6) is -0.209. The molecule has 5 heteroatoms. The van der Waals surface area contributed by atoms with Crippen LogP contribution in [0.5, 0.6) is 0 Å². The number of rotatable bonds is 4. The average Bonchev–Trinajstić information content (AvgIpc) is 2.48. The van der Waals surface area contributed by atoms with E-state index in [1.807, 2.05) is 25.1 Å². The van der Waals surface area contributed by atoms with Crippen molar-refractivity contribution in [3.63, 3.8) is 0 Å². The number of H-pyrrole nitrogens is 1. The summed E-state index contributed by atoms with van der Waals surface area (Å²) in [6.45, 7) is 1.88. The molecule has 0 unspecified atom stereocenters. The number of allylic oxidation sites excluding steroid dienone is 3. The fourth-order valence-corrected chi connectivity index (χ4v) is 1.70. The molecule has 2 N–H and O–H groups in total. The van der Waals surface area contributed by atoms with Crippen molar-refractivity contribution in [2.45, 2.75) is 6.92 Å². The Kier molecular flexibility index (Phi) is 4.82. The molecule has 5 nitrogen and oxygen atoms in total. The monoisotopic (exact) mass is 281 g/mol. The van der Waals surface area contributed by atoms with E-state index in [9.17, 15) is 9.59 Å². The topological polar surface area (TPSA) is 74.8 Å². The highest BCUT2D eigenvalue weighted by molar-refractivity contribution is 5.99. The van der Waals surface area contributed by atoms with E-state index in [0.717, 1.165) is 5.56 Å². The molecule has 21 heavy (non-hydrogen) atoms. The van der Waals surface area contributed by atoms with Crippen molar-refractivity contribution in [2.75, 3.05) is 5.32 Å². The summed E-state index contributed by atoms with van der Waals surface area (Å²) in [6, 6.07) is 10.3. The van der Waals surface area contributed by atoms with Gasteiger partial charge in [0, 0.05) is 23.4 Å². The van der Waals surface area contributed by atoms with Gasteiger partial charge in [-0.15, -0.1) is 0 Å². The van der Waals surface area contributed by atoms with E-state index < -0.39 is 0 Å². The fourth-order valence-electron chi connectivity index (χ4n) is 1.70. The van der Waals surface area contributed by atoms with Gasteiger partial charge >= 0.3 is 0 Å². The minimum absolute atomic E-state index is 0.209. The summed E-state index contributed by atoms with van der Waals surface area (Å²) in [4.78, 5) is 22.7. The van der Waals surface area contributed by atoms with Crippen LogP contribution < -0.4 is 10.9 Å². The summed E-state index contributed by atoms with van der Waals surface area (Å²) >= 11 is 0. The average molecular weight is 281 g/mol. The zero-order valence-corrected chi connectivity index (χ0v) is 11.5. The van der Waals surface area contributed by atoms with Crippen molar-refractivity contribution in [1.82, 2.24) is 10.2 Å². The molecule has 1 aromatic carbocycles. The van der Waals surface area contributed by atoms with Crippen LogP contribution in [0.3, 0.4) is 0 Å². The molecule has 0 saturated carbocycles. The van der Waals surface area contributed by atoms with E-state index in [1.165, 1.54) is 12.1 Å². The van der Waals surface area contributed by atoms with Crippen LogP contribution in [-0.4, -0.2) is 16.1 Å². The summed E-state index contributed by atoms with van der Waals surface area (Å²) in [5, 5.41) is 9.10. The van der Waals surface area contributed by atoms with E-state index in [1.54, 1.807) is 30.4 Å². The first-order valence-electron chi connectivity index (χ1n) is 6.45. The number of hydrogen-bond donors (Lipinski definition) is 2. The summed E-state index contributed by atoms with van der Waals surface area (Å²) in [7, 11) is 0. The standard InChI is InChI=1S/C16H15N3O2/c1-2-3-4-8-15(20)17-13-7-5-6-12(11-13)14-9-10-16(21)19-18-14/h2-11H,1H3,(H,17,20)(H,19,21)/b3-2+,8-4+. The van der Waals surface area contributed by atoms with Gasteiger partial charge in [-0.2, -0.15) is 5.10 Å². The van der Waals surface area contributed by atoms with Crippen LogP contribution in [0.25, 0.3) is 11.3 Å². The maximum absolute atomic E-state index is 11.7. The number of amides is 1. The Morgan fingerprint density at radius 3 is 2.81 bits per heavy atom. The number of carbonyl (C=O) groups is 1. The minimum atomic E-state index is -0.252. The van der Waals surface area contributed by atoms with Gasteiger partial charge in [-0.25, -0.2) is 5.10 Å². The first-order valence-corrected chi connectivity index (χ1v) is 6.45. The Bertz CT molecular complexity index is 725. The molecule has 1 amide bonds. The lowest BCUT2D eigenvalue weighted by Crippen LogP contribution is -2.08. The Balaban J connectivity index is 2.16. The third kappa shape index (κ3) is 4.28. The highest BCUT2D eigenvalue weighted by Crippen LogP contribution is 2.19. The molecular weight excluding hydrogens is 266 g/mol. The van der Waals surface area contributed by atoms with Crippen LogP contribution in [0, 0.1) is 0 Å². The van der Waals surface area contributed by atoms with Crippen molar-refractivity contribution in [2.24, 2.45) is 0 Å². The van der Waals surface area contributed by atoms with Gasteiger partial charge in [0.2, 0.25) is 5.91 Å². The lowest BCUT2D eigenvalue weighted by molar-refractivity contribution is -0.111. The van der Waals surface area contributed by atoms with E-state index in [0.29, 0.717) is 11.4 Å². The van der Waals surface area contributed by atoms with Crippen LogP contribution >= 0.6 is 0 Å². The number of nitrogens with zero attached hydrogens (tertiary/aromatic N) is 1.